The van der Waals surface area contributed by atoms with Gasteiger partial charge in [0.1, 0.15) is 5.69 Å². The number of hydrogen-bond donors (Lipinski definition) is 1. The zero-order valence-electron chi connectivity index (χ0n) is 12.3. The summed E-state index contributed by atoms with van der Waals surface area (Å²) in [6.45, 7) is 0.433. The second kappa shape index (κ2) is 5.57. The van der Waals surface area contributed by atoms with Crippen molar-refractivity contribution < 1.29 is 9.32 Å². The molecule has 0 fully saturated rings. The van der Waals surface area contributed by atoms with E-state index < -0.39 is 0 Å². The maximum atomic E-state index is 12.2. The van der Waals surface area contributed by atoms with Gasteiger partial charge in [-0.05, 0) is 24.3 Å². The first-order valence-corrected chi connectivity index (χ1v) is 7.32. The lowest BCUT2D eigenvalue weighted by atomic mass is 10.1. The first kappa shape index (κ1) is 13.5. The molecule has 0 atom stereocenters. The van der Waals surface area contributed by atoms with E-state index in [1.54, 1.807) is 10.7 Å². The molecule has 0 aliphatic heterocycles. The molecule has 4 aromatic rings. The summed E-state index contributed by atoms with van der Waals surface area (Å²) >= 11 is 0. The smallest absolute Gasteiger partial charge is 0.226 e. The van der Waals surface area contributed by atoms with Crippen LogP contribution in [-0.2, 0) is 17.8 Å². The lowest BCUT2D eigenvalue weighted by Crippen LogP contribution is -2.24. The minimum Gasteiger partial charge on any atom is -0.356 e. The van der Waals surface area contributed by atoms with E-state index in [1.807, 2.05) is 48.7 Å². The molecule has 0 saturated carbocycles. The van der Waals surface area contributed by atoms with E-state index in [0.29, 0.717) is 17.8 Å². The summed E-state index contributed by atoms with van der Waals surface area (Å²) in [6, 6.07) is 13.4. The Kier molecular flexibility index (Phi) is 3.27. The van der Waals surface area contributed by atoms with Gasteiger partial charge in [0.15, 0.2) is 5.58 Å². The Morgan fingerprint density at radius 1 is 1.17 bits per heavy atom. The molecule has 23 heavy (non-hydrogen) atoms. The maximum Gasteiger partial charge on any atom is 0.226 e. The van der Waals surface area contributed by atoms with Crippen molar-refractivity contribution in [2.45, 2.75) is 13.0 Å². The Labute approximate surface area is 131 Å². The number of rotatable bonds is 4. The Hall–Kier alpha value is -3.15. The van der Waals surface area contributed by atoms with E-state index >= 15 is 0 Å². The number of fused-ring (bicyclic) bond motifs is 2. The van der Waals surface area contributed by atoms with Gasteiger partial charge < -0.3 is 9.84 Å². The van der Waals surface area contributed by atoms with Gasteiger partial charge in [0.05, 0.1) is 18.1 Å². The van der Waals surface area contributed by atoms with Gasteiger partial charge in [-0.2, -0.15) is 5.10 Å². The third kappa shape index (κ3) is 2.55. The van der Waals surface area contributed by atoms with Gasteiger partial charge >= 0.3 is 0 Å². The molecule has 0 unspecified atom stereocenters. The highest BCUT2D eigenvalue weighted by atomic mass is 16.5. The predicted molar refractivity (Wildman–Crippen MR) is 84.8 cm³/mol. The maximum absolute atomic E-state index is 12.2. The van der Waals surface area contributed by atoms with Crippen LogP contribution in [0, 0.1) is 0 Å². The van der Waals surface area contributed by atoms with Crippen LogP contribution in [0.1, 0.15) is 11.3 Å². The third-order valence-corrected chi connectivity index (χ3v) is 3.76. The number of hydrogen-bond acceptors (Lipinski definition) is 4. The summed E-state index contributed by atoms with van der Waals surface area (Å²) < 4.78 is 7.00. The average Bonchev–Trinajstić information content (AvgIpc) is 3.18. The quantitative estimate of drug-likeness (QED) is 0.628. The lowest BCUT2D eigenvalue weighted by Gasteiger charge is -2.03. The van der Waals surface area contributed by atoms with Crippen LogP contribution < -0.4 is 5.32 Å². The molecule has 0 aliphatic carbocycles. The molecular weight excluding hydrogens is 292 g/mol. The molecule has 3 heterocycles. The van der Waals surface area contributed by atoms with E-state index in [9.17, 15) is 4.79 Å². The van der Waals surface area contributed by atoms with E-state index in [0.717, 1.165) is 16.5 Å². The van der Waals surface area contributed by atoms with Gasteiger partial charge in [-0.3, -0.25) is 4.79 Å². The number of benzene rings is 1. The highest BCUT2D eigenvalue weighted by Crippen LogP contribution is 2.18. The fraction of sp³-hybridized carbons (Fsp3) is 0.118. The molecular formula is C17H14N4O2. The number of nitrogens with zero attached hydrogens (tertiary/aromatic N) is 3. The molecule has 4 rings (SSSR count). The molecule has 0 bridgehead atoms. The standard InChI is InChI=1S/C17H14N4O2/c22-17(9-14-13-5-1-2-7-16(13)23-20-14)18-10-12-11-19-21-8-4-3-6-15(12)21/h1-8,11H,9-10H2,(H,18,22). The molecule has 1 amide bonds. The zero-order valence-corrected chi connectivity index (χ0v) is 12.3. The Morgan fingerprint density at radius 3 is 3.00 bits per heavy atom. The fourth-order valence-corrected chi connectivity index (χ4v) is 2.60. The monoisotopic (exact) mass is 306 g/mol. The van der Waals surface area contributed by atoms with Crippen LogP contribution in [0.5, 0.6) is 0 Å². The van der Waals surface area contributed by atoms with Gasteiger partial charge in [0.2, 0.25) is 5.91 Å². The van der Waals surface area contributed by atoms with E-state index in [4.69, 9.17) is 4.52 Å². The first-order chi connectivity index (χ1) is 11.3. The van der Waals surface area contributed by atoms with E-state index in [-0.39, 0.29) is 12.3 Å². The van der Waals surface area contributed by atoms with Crippen LogP contribution in [0.2, 0.25) is 0 Å². The van der Waals surface area contributed by atoms with Gasteiger partial charge in [-0.15, -0.1) is 0 Å². The molecule has 0 saturated heterocycles. The van der Waals surface area contributed by atoms with Crippen molar-refractivity contribution in [2.24, 2.45) is 0 Å². The highest BCUT2D eigenvalue weighted by molar-refractivity contribution is 5.86. The molecule has 6 nitrogen and oxygen atoms in total. The number of carbonyl (C=O) groups is 1. The molecule has 0 radical (unpaired) electrons. The lowest BCUT2D eigenvalue weighted by molar-refractivity contribution is -0.120. The number of para-hydroxylation sites is 1. The zero-order chi connectivity index (χ0) is 15.6. The van der Waals surface area contributed by atoms with Gasteiger partial charge in [-0.25, -0.2) is 4.52 Å². The minimum absolute atomic E-state index is 0.0978. The van der Waals surface area contributed by atoms with Crippen molar-refractivity contribution in [3.8, 4) is 0 Å². The van der Waals surface area contributed by atoms with E-state index in [2.05, 4.69) is 15.6 Å². The summed E-state index contributed by atoms with van der Waals surface area (Å²) in [5.74, 6) is -0.0978. The van der Waals surface area contributed by atoms with Crippen LogP contribution in [0.4, 0.5) is 0 Å². The van der Waals surface area contributed by atoms with Crippen molar-refractivity contribution in [1.29, 1.82) is 0 Å². The minimum atomic E-state index is -0.0978. The van der Waals surface area contributed by atoms with E-state index in [1.165, 1.54) is 0 Å². The Balaban J connectivity index is 1.46. The van der Waals surface area contributed by atoms with Crippen molar-refractivity contribution in [1.82, 2.24) is 20.1 Å². The van der Waals surface area contributed by atoms with Gasteiger partial charge in [0, 0.05) is 23.7 Å². The summed E-state index contributed by atoms with van der Waals surface area (Å²) in [6.07, 6.45) is 3.83. The molecule has 3 aromatic heterocycles. The molecule has 1 N–H and O–H groups in total. The van der Waals surface area contributed by atoms with Gasteiger partial charge in [0.25, 0.3) is 0 Å². The highest BCUT2D eigenvalue weighted by Gasteiger charge is 2.12. The number of nitrogens with one attached hydrogen (secondary N) is 1. The van der Waals surface area contributed by atoms with Crippen molar-refractivity contribution in [2.75, 3.05) is 0 Å². The van der Waals surface area contributed by atoms with Crippen molar-refractivity contribution in [3.63, 3.8) is 0 Å². The second-order valence-corrected chi connectivity index (χ2v) is 5.28. The predicted octanol–water partition coefficient (Wildman–Crippen LogP) is 2.33. The summed E-state index contributed by atoms with van der Waals surface area (Å²) in [4.78, 5) is 12.2. The Bertz CT molecular complexity index is 986. The molecule has 114 valence electrons. The van der Waals surface area contributed by atoms with Crippen LogP contribution in [0.15, 0.2) is 59.4 Å². The van der Waals surface area contributed by atoms with Crippen LogP contribution >= 0.6 is 0 Å². The Morgan fingerprint density at radius 2 is 2.04 bits per heavy atom. The molecule has 0 spiro atoms. The first-order valence-electron chi connectivity index (χ1n) is 7.32. The SMILES string of the molecule is O=C(Cc1noc2ccccc12)NCc1cnn2ccccc12. The fourth-order valence-electron chi connectivity index (χ4n) is 2.60. The molecule has 6 heteroatoms. The number of pyridine rings is 1. The molecule has 0 aliphatic rings. The topological polar surface area (TPSA) is 72.4 Å². The second-order valence-electron chi connectivity index (χ2n) is 5.28. The van der Waals surface area contributed by atoms with Crippen molar-refractivity contribution >= 4 is 22.4 Å². The van der Waals surface area contributed by atoms with Gasteiger partial charge in [-0.1, -0.05) is 23.4 Å². The largest absolute Gasteiger partial charge is 0.356 e. The van der Waals surface area contributed by atoms with Crippen molar-refractivity contribution in [3.05, 3.63) is 66.1 Å². The van der Waals surface area contributed by atoms with Crippen LogP contribution in [-0.4, -0.2) is 20.7 Å². The average molecular weight is 306 g/mol. The number of amides is 1. The third-order valence-electron chi connectivity index (χ3n) is 3.76. The van der Waals surface area contributed by atoms with Crippen LogP contribution in [0.25, 0.3) is 16.5 Å². The summed E-state index contributed by atoms with van der Waals surface area (Å²) in [7, 11) is 0. The number of carbonyl (C=O) groups excluding carboxylic acids is 1. The normalized spacial score (nSPS) is 11.1. The number of aromatic nitrogens is 3. The molecule has 1 aromatic carbocycles. The summed E-state index contributed by atoms with van der Waals surface area (Å²) in [5.41, 5.74) is 3.31. The van der Waals surface area contributed by atoms with Crippen LogP contribution in [0.3, 0.4) is 0 Å². The summed E-state index contributed by atoms with van der Waals surface area (Å²) in [5, 5.41) is 12.0.